The van der Waals surface area contributed by atoms with Crippen molar-refractivity contribution in [3.63, 3.8) is 0 Å². The molecule has 0 aliphatic carbocycles. The van der Waals surface area contributed by atoms with E-state index in [0.717, 1.165) is 23.7 Å². The maximum absolute atomic E-state index is 11.9. The lowest BCUT2D eigenvalue weighted by Crippen LogP contribution is -2.32. The predicted octanol–water partition coefficient (Wildman–Crippen LogP) is 3.24. The van der Waals surface area contributed by atoms with Gasteiger partial charge in [-0.25, -0.2) is 0 Å². The summed E-state index contributed by atoms with van der Waals surface area (Å²) in [5.74, 6) is 1.32. The summed E-state index contributed by atoms with van der Waals surface area (Å²) in [6.45, 7) is 3.33. The molecule has 2 amide bonds. The van der Waals surface area contributed by atoms with E-state index in [1.54, 1.807) is 35.1 Å². The van der Waals surface area contributed by atoms with Gasteiger partial charge in [0, 0.05) is 37.5 Å². The quantitative estimate of drug-likeness (QED) is 0.562. The maximum atomic E-state index is 11.9. The smallest absolute Gasteiger partial charge is 0.252 e. The number of likely N-dealkylation sites (tertiary alicyclic amines) is 1. The van der Waals surface area contributed by atoms with Gasteiger partial charge in [0.25, 0.3) is 5.91 Å². The van der Waals surface area contributed by atoms with Crippen LogP contribution in [-0.2, 0) is 11.8 Å². The summed E-state index contributed by atoms with van der Waals surface area (Å²) in [7, 11) is 1.82. The molecule has 1 atom stereocenters. The Bertz CT molecular complexity index is 1110. The number of amides is 2. The third-order valence-corrected chi connectivity index (χ3v) is 5.61. The van der Waals surface area contributed by atoms with Gasteiger partial charge in [0.1, 0.15) is 17.2 Å². The van der Waals surface area contributed by atoms with Crippen molar-refractivity contribution in [1.29, 1.82) is 0 Å². The number of nitrogens with zero attached hydrogens (tertiary/aromatic N) is 3. The van der Waals surface area contributed by atoms with Crippen molar-refractivity contribution in [3.8, 4) is 17.2 Å². The number of hydrogen-bond donors (Lipinski definition) is 1. The average Bonchev–Trinajstić information content (AvgIpc) is 3.27. The highest BCUT2D eigenvalue weighted by molar-refractivity contribution is 6.00. The third-order valence-electron chi connectivity index (χ3n) is 5.61. The number of carbonyl (C=O) groups excluding carboxylic acids is 2. The lowest BCUT2D eigenvalue weighted by atomic mass is 10.1. The molecule has 1 aliphatic rings. The van der Waals surface area contributed by atoms with Crippen LogP contribution >= 0.6 is 0 Å². The molecule has 8 nitrogen and oxygen atoms in total. The summed E-state index contributed by atoms with van der Waals surface area (Å²) in [5.41, 5.74) is 6.67. The molecule has 1 aromatic heterocycles. The molecule has 1 fully saturated rings. The molecule has 31 heavy (non-hydrogen) atoms. The van der Waals surface area contributed by atoms with Crippen molar-refractivity contribution in [1.82, 2.24) is 14.7 Å². The fourth-order valence-corrected chi connectivity index (χ4v) is 3.84. The van der Waals surface area contributed by atoms with Crippen LogP contribution in [0.4, 0.5) is 0 Å². The van der Waals surface area contributed by atoms with Gasteiger partial charge in [-0.2, -0.15) is 5.10 Å². The molecule has 1 saturated heterocycles. The Balaban J connectivity index is 1.37. The summed E-state index contributed by atoms with van der Waals surface area (Å²) in [4.78, 5) is 25.6. The molecule has 0 bridgehead atoms. The standard InChI is InChI=1S/C23H26N4O4/c1-15-4-9-22(28)27(15)10-3-11-30-17-5-7-18(8-6-17)31-21-13-20-16(14-25-26(20)2)12-19(21)23(24)29/h5-8,12-15H,3-4,9-11H2,1-2H3,(H2,24,29). The molecule has 2 heterocycles. The predicted molar refractivity (Wildman–Crippen MR) is 116 cm³/mol. The zero-order valence-electron chi connectivity index (χ0n) is 17.7. The Morgan fingerprint density at radius 3 is 2.65 bits per heavy atom. The Kier molecular flexibility index (Phi) is 5.79. The molecular formula is C23H26N4O4. The number of nitrogens with two attached hydrogens (primary N) is 1. The zero-order valence-corrected chi connectivity index (χ0v) is 17.7. The van der Waals surface area contributed by atoms with Gasteiger partial charge < -0.3 is 20.1 Å². The van der Waals surface area contributed by atoms with Gasteiger partial charge in [-0.1, -0.05) is 0 Å². The minimum atomic E-state index is -0.563. The second-order valence-corrected chi connectivity index (χ2v) is 7.79. The molecule has 2 N–H and O–H groups in total. The SMILES string of the molecule is CC1CCC(=O)N1CCCOc1ccc(Oc2cc3c(cnn3C)cc2C(N)=O)cc1. The average molecular weight is 422 g/mol. The number of rotatable bonds is 8. The molecular weight excluding hydrogens is 396 g/mol. The first kappa shape index (κ1) is 20.7. The van der Waals surface area contributed by atoms with Gasteiger partial charge in [-0.05, 0) is 50.1 Å². The maximum Gasteiger partial charge on any atom is 0.252 e. The second kappa shape index (κ2) is 8.67. The highest BCUT2D eigenvalue weighted by atomic mass is 16.5. The number of ether oxygens (including phenoxy) is 2. The normalized spacial score (nSPS) is 16.1. The minimum absolute atomic E-state index is 0.230. The monoisotopic (exact) mass is 422 g/mol. The number of aryl methyl sites for hydroxylation is 1. The van der Waals surface area contributed by atoms with E-state index >= 15 is 0 Å². The number of aromatic nitrogens is 2. The van der Waals surface area contributed by atoms with Gasteiger partial charge in [-0.3, -0.25) is 14.3 Å². The van der Waals surface area contributed by atoms with Crippen molar-refractivity contribution in [2.24, 2.45) is 12.8 Å². The van der Waals surface area contributed by atoms with E-state index in [2.05, 4.69) is 12.0 Å². The zero-order chi connectivity index (χ0) is 22.0. The summed E-state index contributed by atoms with van der Waals surface area (Å²) in [5, 5.41) is 5.01. The van der Waals surface area contributed by atoms with Crippen molar-refractivity contribution in [2.75, 3.05) is 13.2 Å². The number of fused-ring (bicyclic) bond motifs is 1. The minimum Gasteiger partial charge on any atom is -0.494 e. The largest absolute Gasteiger partial charge is 0.494 e. The fourth-order valence-electron chi connectivity index (χ4n) is 3.84. The molecule has 0 radical (unpaired) electrons. The highest BCUT2D eigenvalue weighted by Crippen LogP contribution is 2.30. The van der Waals surface area contributed by atoms with Crippen molar-refractivity contribution >= 4 is 22.7 Å². The number of primary amides is 1. The van der Waals surface area contributed by atoms with Crippen LogP contribution in [0, 0.1) is 0 Å². The molecule has 8 heteroatoms. The van der Waals surface area contributed by atoms with Crippen LogP contribution in [0.3, 0.4) is 0 Å². The van der Waals surface area contributed by atoms with Gasteiger partial charge in [-0.15, -0.1) is 0 Å². The van der Waals surface area contributed by atoms with Crippen LogP contribution in [-0.4, -0.2) is 45.7 Å². The first-order valence-electron chi connectivity index (χ1n) is 10.4. The van der Waals surface area contributed by atoms with Gasteiger partial charge >= 0.3 is 0 Å². The molecule has 2 aromatic carbocycles. The molecule has 3 aromatic rings. The van der Waals surface area contributed by atoms with E-state index in [-0.39, 0.29) is 5.91 Å². The van der Waals surface area contributed by atoms with Crippen LogP contribution in [0.1, 0.15) is 36.5 Å². The van der Waals surface area contributed by atoms with E-state index in [9.17, 15) is 9.59 Å². The summed E-state index contributed by atoms with van der Waals surface area (Å²) in [6, 6.07) is 10.9. The van der Waals surface area contributed by atoms with E-state index < -0.39 is 5.91 Å². The van der Waals surface area contributed by atoms with Gasteiger partial charge in [0.2, 0.25) is 5.91 Å². The Morgan fingerprint density at radius 1 is 1.23 bits per heavy atom. The fraction of sp³-hybridized carbons (Fsp3) is 0.348. The van der Waals surface area contributed by atoms with Crippen LogP contribution in [0.15, 0.2) is 42.6 Å². The molecule has 1 unspecified atom stereocenters. The van der Waals surface area contributed by atoms with Crippen molar-refractivity contribution in [3.05, 3.63) is 48.2 Å². The van der Waals surface area contributed by atoms with Crippen molar-refractivity contribution in [2.45, 2.75) is 32.2 Å². The second-order valence-electron chi connectivity index (χ2n) is 7.79. The molecule has 162 valence electrons. The topological polar surface area (TPSA) is 99.7 Å². The summed E-state index contributed by atoms with van der Waals surface area (Å²) in [6.07, 6.45) is 4.04. The molecule has 1 aliphatic heterocycles. The lowest BCUT2D eigenvalue weighted by Gasteiger charge is -2.21. The van der Waals surface area contributed by atoms with Gasteiger partial charge in [0.15, 0.2) is 0 Å². The Labute approximate surface area is 180 Å². The molecule has 4 rings (SSSR count). The Morgan fingerprint density at radius 2 is 1.97 bits per heavy atom. The van der Waals surface area contributed by atoms with Crippen LogP contribution in [0.25, 0.3) is 10.9 Å². The first-order chi connectivity index (χ1) is 14.9. The van der Waals surface area contributed by atoms with E-state index in [1.165, 1.54) is 0 Å². The van der Waals surface area contributed by atoms with Crippen LogP contribution < -0.4 is 15.2 Å². The summed E-state index contributed by atoms with van der Waals surface area (Å²) >= 11 is 0. The third kappa shape index (κ3) is 4.47. The molecule has 0 spiro atoms. The van der Waals surface area contributed by atoms with Crippen LogP contribution in [0.2, 0.25) is 0 Å². The van der Waals surface area contributed by atoms with E-state index in [1.807, 2.05) is 24.1 Å². The van der Waals surface area contributed by atoms with Gasteiger partial charge in [0.05, 0.1) is 23.9 Å². The van der Waals surface area contributed by atoms with Crippen molar-refractivity contribution < 1.29 is 19.1 Å². The van der Waals surface area contributed by atoms with E-state index in [4.69, 9.17) is 15.2 Å². The molecule has 0 saturated carbocycles. The van der Waals surface area contributed by atoms with Crippen LogP contribution in [0.5, 0.6) is 17.2 Å². The highest BCUT2D eigenvalue weighted by Gasteiger charge is 2.26. The number of hydrogen-bond acceptors (Lipinski definition) is 5. The Hall–Kier alpha value is -3.55. The summed E-state index contributed by atoms with van der Waals surface area (Å²) < 4.78 is 13.4. The lowest BCUT2D eigenvalue weighted by molar-refractivity contribution is -0.128. The van der Waals surface area contributed by atoms with E-state index in [0.29, 0.717) is 48.4 Å². The number of carbonyl (C=O) groups is 2. The number of benzene rings is 2. The first-order valence-corrected chi connectivity index (χ1v) is 10.4.